The minimum Gasteiger partial charge on any atom is -0.481 e. The smallest absolute Gasteiger partial charge is 0.316 e. The van der Waals surface area contributed by atoms with E-state index in [1.807, 2.05) is 0 Å². The number of aryl methyl sites for hydroxylation is 1. The van der Waals surface area contributed by atoms with Crippen LogP contribution in [0.4, 0.5) is 0 Å². The molecule has 1 rings (SSSR count). The average Bonchev–Trinajstić information content (AvgIpc) is 2.33. The van der Waals surface area contributed by atoms with Crippen LogP contribution < -0.4 is 0 Å². The second-order valence-corrected chi connectivity index (χ2v) is 3.56. The highest BCUT2D eigenvalue weighted by Gasteiger charge is 2.34. The third-order valence-corrected chi connectivity index (χ3v) is 2.19. The van der Waals surface area contributed by atoms with E-state index in [0.29, 0.717) is 11.6 Å². The van der Waals surface area contributed by atoms with Crippen molar-refractivity contribution in [2.75, 3.05) is 0 Å². The molecule has 0 saturated heterocycles. The van der Waals surface area contributed by atoms with Gasteiger partial charge in [0, 0.05) is 7.05 Å². The van der Waals surface area contributed by atoms with Crippen LogP contribution in [0.2, 0.25) is 0 Å². The Hall–Kier alpha value is -1.39. The molecule has 0 amide bonds. The second kappa shape index (κ2) is 2.83. The third kappa shape index (κ3) is 1.41. The van der Waals surface area contributed by atoms with Gasteiger partial charge in [0.15, 0.2) is 0 Å². The largest absolute Gasteiger partial charge is 0.481 e. The second-order valence-electron chi connectivity index (χ2n) is 3.56. The van der Waals surface area contributed by atoms with Gasteiger partial charge < -0.3 is 9.67 Å². The van der Waals surface area contributed by atoms with Crippen molar-refractivity contribution in [1.29, 1.82) is 0 Å². The van der Waals surface area contributed by atoms with Gasteiger partial charge in [0.2, 0.25) is 0 Å². The van der Waals surface area contributed by atoms with Crippen molar-refractivity contribution in [1.82, 2.24) is 14.8 Å². The maximum absolute atomic E-state index is 10.9. The lowest BCUT2D eigenvalue weighted by atomic mass is 9.93. The summed E-state index contributed by atoms with van der Waals surface area (Å²) < 4.78 is 1.69. The molecule has 1 N–H and O–H groups in total. The van der Waals surface area contributed by atoms with E-state index >= 15 is 0 Å². The Morgan fingerprint density at radius 3 is 2.31 bits per heavy atom. The molecule has 0 atom stereocenters. The molecular formula is C8H13N3O2. The summed E-state index contributed by atoms with van der Waals surface area (Å²) in [5.74, 6) is 0.282. The van der Waals surface area contributed by atoms with E-state index in [4.69, 9.17) is 5.11 Å². The summed E-state index contributed by atoms with van der Waals surface area (Å²) in [7, 11) is 1.76. The van der Waals surface area contributed by atoms with Gasteiger partial charge in [0.1, 0.15) is 17.1 Å². The first kappa shape index (κ1) is 9.70. The summed E-state index contributed by atoms with van der Waals surface area (Å²) >= 11 is 0. The van der Waals surface area contributed by atoms with E-state index in [1.54, 1.807) is 32.4 Å². The maximum Gasteiger partial charge on any atom is 0.316 e. The fourth-order valence-electron chi connectivity index (χ4n) is 1.05. The first-order valence-corrected chi connectivity index (χ1v) is 3.97. The third-order valence-electron chi connectivity index (χ3n) is 2.19. The monoisotopic (exact) mass is 183 g/mol. The zero-order valence-electron chi connectivity index (χ0n) is 8.20. The van der Waals surface area contributed by atoms with Crippen molar-refractivity contribution >= 4 is 5.97 Å². The molecule has 5 heteroatoms. The fourth-order valence-corrected chi connectivity index (χ4v) is 1.05. The SMILES string of the molecule is Cc1nnc(C(C)(C)C(=O)O)n1C. The Bertz CT molecular complexity index is 341. The number of aliphatic carboxylic acids is 1. The minimum absolute atomic E-state index is 0.470. The molecule has 0 unspecified atom stereocenters. The standard InChI is InChI=1S/C8H13N3O2/c1-5-9-10-6(11(5)4)8(2,3)7(12)13/h1-4H3,(H,12,13). The predicted molar refractivity (Wildman–Crippen MR) is 46.4 cm³/mol. The quantitative estimate of drug-likeness (QED) is 0.724. The predicted octanol–water partition coefficient (Wildman–Crippen LogP) is 0.486. The minimum atomic E-state index is -0.990. The normalized spacial score (nSPS) is 11.7. The van der Waals surface area contributed by atoms with Crippen LogP contribution in [0, 0.1) is 6.92 Å². The van der Waals surface area contributed by atoms with E-state index in [2.05, 4.69) is 10.2 Å². The highest BCUT2D eigenvalue weighted by atomic mass is 16.4. The first-order valence-electron chi connectivity index (χ1n) is 3.97. The number of rotatable bonds is 2. The van der Waals surface area contributed by atoms with Gasteiger partial charge in [-0.05, 0) is 20.8 Å². The van der Waals surface area contributed by atoms with Crippen molar-refractivity contribution < 1.29 is 9.90 Å². The fraction of sp³-hybridized carbons (Fsp3) is 0.625. The number of hydrogen-bond donors (Lipinski definition) is 1. The molecule has 0 bridgehead atoms. The van der Waals surface area contributed by atoms with Gasteiger partial charge in [-0.3, -0.25) is 4.79 Å². The Balaban J connectivity index is 3.22. The van der Waals surface area contributed by atoms with Gasteiger partial charge in [0.05, 0.1) is 0 Å². The van der Waals surface area contributed by atoms with Crippen LogP contribution in [0.1, 0.15) is 25.5 Å². The van der Waals surface area contributed by atoms with E-state index < -0.39 is 11.4 Å². The molecule has 1 aromatic heterocycles. The van der Waals surface area contributed by atoms with E-state index in [9.17, 15) is 4.79 Å². The van der Waals surface area contributed by atoms with Crippen LogP contribution in [-0.2, 0) is 17.3 Å². The number of hydrogen-bond acceptors (Lipinski definition) is 3. The summed E-state index contributed by atoms with van der Waals surface area (Å²) in [6, 6.07) is 0. The lowest BCUT2D eigenvalue weighted by Gasteiger charge is -2.17. The topological polar surface area (TPSA) is 68.0 Å². The summed E-state index contributed by atoms with van der Waals surface area (Å²) in [6.45, 7) is 5.01. The summed E-state index contributed by atoms with van der Waals surface area (Å²) in [5, 5.41) is 16.6. The highest BCUT2D eigenvalue weighted by Crippen LogP contribution is 2.20. The molecule has 0 radical (unpaired) electrons. The van der Waals surface area contributed by atoms with Crippen LogP contribution in [-0.4, -0.2) is 25.8 Å². The summed E-state index contributed by atoms with van der Waals surface area (Å²) in [6.07, 6.45) is 0. The van der Waals surface area contributed by atoms with Crippen molar-refractivity contribution in [2.45, 2.75) is 26.2 Å². The molecule has 0 saturated carbocycles. The molecule has 13 heavy (non-hydrogen) atoms. The van der Waals surface area contributed by atoms with E-state index in [0.717, 1.165) is 0 Å². The average molecular weight is 183 g/mol. The lowest BCUT2D eigenvalue weighted by Crippen LogP contribution is -2.31. The molecule has 0 fully saturated rings. The van der Waals surface area contributed by atoms with Gasteiger partial charge in [0.25, 0.3) is 0 Å². The Labute approximate surface area is 76.4 Å². The molecule has 0 spiro atoms. The molecule has 0 aliphatic carbocycles. The zero-order chi connectivity index (χ0) is 10.2. The lowest BCUT2D eigenvalue weighted by molar-refractivity contribution is -0.142. The van der Waals surface area contributed by atoms with Crippen molar-refractivity contribution in [3.05, 3.63) is 11.6 Å². The Morgan fingerprint density at radius 2 is 2.00 bits per heavy atom. The number of carbonyl (C=O) groups is 1. The van der Waals surface area contributed by atoms with Gasteiger partial charge in [-0.2, -0.15) is 0 Å². The molecular weight excluding hydrogens is 170 g/mol. The van der Waals surface area contributed by atoms with Gasteiger partial charge in [-0.15, -0.1) is 10.2 Å². The molecule has 1 heterocycles. The van der Waals surface area contributed by atoms with Gasteiger partial charge in [-0.25, -0.2) is 0 Å². The van der Waals surface area contributed by atoms with Crippen molar-refractivity contribution in [3.63, 3.8) is 0 Å². The maximum atomic E-state index is 10.9. The van der Waals surface area contributed by atoms with Gasteiger partial charge >= 0.3 is 5.97 Å². The number of carboxylic acids is 1. The highest BCUT2D eigenvalue weighted by molar-refractivity contribution is 5.78. The number of nitrogens with zero attached hydrogens (tertiary/aromatic N) is 3. The Morgan fingerprint density at radius 1 is 1.46 bits per heavy atom. The Kier molecular flexibility index (Phi) is 2.11. The van der Waals surface area contributed by atoms with E-state index in [1.165, 1.54) is 0 Å². The zero-order valence-corrected chi connectivity index (χ0v) is 8.20. The summed E-state index contributed by atoms with van der Waals surface area (Å²) in [5.41, 5.74) is -0.990. The molecule has 72 valence electrons. The molecule has 0 aliphatic rings. The molecule has 0 aromatic carbocycles. The number of aromatic nitrogens is 3. The van der Waals surface area contributed by atoms with E-state index in [-0.39, 0.29) is 0 Å². The van der Waals surface area contributed by atoms with Crippen molar-refractivity contribution in [3.8, 4) is 0 Å². The molecule has 1 aromatic rings. The first-order chi connectivity index (χ1) is 5.87. The van der Waals surface area contributed by atoms with Crippen LogP contribution in [0.5, 0.6) is 0 Å². The van der Waals surface area contributed by atoms with Crippen LogP contribution >= 0.6 is 0 Å². The van der Waals surface area contributed by atoms with Crippen LogP contribution in [0.25, 0.3) is 0 Å². The number of carboxylic acid groups (broad SMARTS) is 1. The van der Waals surface area contributed by atoms with Crippen LogP contribution in [0.3, 0.4) is 0 Å². The summed E-state index contributed by atoms with van der Waals surface area (Å²) in [4.78, 5) is 10.9. The molecule has 5 nitrogen and oxygen atoms in total. The van der Waals surface area contributed by atoms with Gasteiger partial charge in [-0.1, -0.05) is 0 Å². The molecule has 0 aliphatic heterocycles. The van der Waals surface area contributed by atoms with Crippen molar-refractivity contribution in [2.24, 2.45) is 7.05 Å². The van der Waals surface area contributed by atoms with Crippen LogP contribution in [0.15, 0.2) is 0 Å².